The lowest BCUT2D eigenvalue weighted by Gasteiger charge is -2.02. The third-order valence-electron chi connectivity index (χ3n) is 1.96. The largest absolute Gasteiger partial charge is 0.345 e. The Balaban J connectivity index is 2.37. The Hall–Kier alpha value is -1.54. The molecule has 0 amide bonds. The summed E-state index contributed by atoms with van der Waals surface area (Å²) in [6.07, 6.45) is 3.47. The predicted octanol–water partition coefficient (Wildman–Crippen LogP) is 3.12. The van der Waals surface area contributed by atoms with Crippen molar-refractivity contribution >= 4 is 17.2 Å². The van der Waals surface area contributed by atoms with Gasteiger partial charge in [0.2, 0.25) is 0 Å². The first-order valence-electron chi connectivity index (χ1n) is 4.22. The number of nitrogens with one attached hydrogen (secondary N) is 1. The van der Waals surface area contributed by atoms with Crippen LogP contribution in [0.15, 0.2) is 43.2 Å². The average Bonchev–Trinajstić information content (AvgIpc) is 2.69. The number of nitrogens with zero attached hydrogens (tertiary/aromatic N) is 1. The SMILES string of the molecule is C=C(c1cccc(Cl)c1)c1ncc[nH]1. The van der Waals surface area contributed by atoms with Crippen LogP contribution in [0.5, 0.6) is 0 Å². The highest BCUT2D eigenvalue weighted by molar-refractivity contribution is 6.30. The molecule has 2 rings (SSSR count). The summed E-state index contributed by atoms with van der Waals surface area (Å²) in [6, 6.07) is 7.55. The van der Waals surface area contributed by atoms with E-state index >= 15 is 0 Å². The first-order valence-corrected chi connectivity index (χ1v) is 4.60. The van der Waals surface area contributed by atoms with Crippen LogP contribution >= 0.6 is 11.6 Å². The summed E-state index contributed by atoms with van der Waals surface area (Å²) in [5.41, 5.74) is 1.82. The molecule has 0 radical (unpaired) electrons. The van der Waals surface area contributed by atoms with Crippen LogP contribution in [0.4, 0.5) is 0 Å². The first-order chi connectivity index (χ1) is 6.77. The Kier molecular flexibility index (Phi) is 2.37. The van der Waals surface area contributed by atoms with Gasteiger partial charge < -0.3 is 4.98 Å². The number of aromatic amines is 1. The summed E-state index contributed by atoms with van der Waals surface area (Å²) in [5, 5.41) is 0.704. The number of halogens is 1. The zero-order valence-electron chi connectivity index (χ0n) is 7.50. The molecule has 0 fully saturated rings. The highest BCUT2D eigenvalue weighted by Gasteiger charge is 2.03. The smallest absolute Gasteiger partial charge is 0.137 e. The summed E-state index contributed by atoms with van der Waals surface area (Å²) in [4.78, 5) is 7.13. The molecular formula is C11H9ClN2. The van der Waals surface area contributed by atoms with Crippen molar-refractivity contribution in [1.82, 2.24) is 9.97 Å². The van der Waals surface area contributed by atoms with E-state index in [1.807, 2.05) is 24.3 Å². The third-order valence-corrected chi connectivity index (χ3v) is 2.19. The maximum absolute atomic E-state index is 5.88. The summed E-state index contributed by atoms with van der Waals surface area (Å²) in [7, 11) is 0. The van der Waals surface area contributed by atoms with Crippen molar-refractivity contribution in [2.75, 3.05) is 0 Å². The van der Waals surface area contributed by atoms with Crippen LogP contribution in [0.3, 0.4) is 0 Å². The van der Waals surface area contributed by atoms with Gasteiger partial charge >= 0.3 is 0 Å². The van der Waals surface area contributed by atoms with Crippen LogP contribution in [0, 0.1) is 0 Å². The zero-order valence-corrected chi connectivity index (χ0v) is 8.25. The second kappa shape index (κ2) is 3.68. The topological polar surface area (TPSA) is 28.7 Å². The van der Waals surface area contributed by atoms with Crippen molar-refractivity contribution in [3.8, 4) is 0 Å². The van der Waals surface area contributed by atoms with Gasteiger partial charge in [0.25, 0.3) is 0 Å². The number of imidazole rings is 1. The van der Waals surface area contributed by atoms with Crippen LogP contribution in [0.1, 0.15) is 11.4 Å². The van der Waals surface area contributed by atoms with E-state index < -0.39 is 0 Å². The van der Waals surface area contributed by atoms with E-state index in [0.717, 1.165) is 17.0 Å². The summed E-state index contributed by atoms with van der Waals surface area (Å²) in [5.74, 6) is 0.771. The van der Waals surface area contributed by atoms with Crippen molar-refractivity contribution < 1.29 is 0 Å². The molecule has 0 unspecified atom stereocenters. The lowest BCUT2D eigenvalue weighted by molar-refractivity contribution is 1.24. The van der Waals surface area contributed by atoms with Crippen LogP contribution < -0.4 is 0 Å². The third kappa shape index (κ3) is 1.70. The summed E-state index contributed by atoms with van der Waals surface area (Å²) >= 11 is 5.88. The number of hydrogen-bond donors (Lipinski definition) is 1. The molecule has 70 valence electrons. The van der Waals surface area contributed by atoms with Gasteiger partial charge in [0.15, 0.2) is 0 Å². The van der Waals surface area contributed by atoms with E-state index in [9.17, 15) is 0 Å². The quantitative estimate of drug-likeness (QED) is 0.800. The fourth-order valence-electron chi connectivity index (χ4n) is 1.24. The van der Waals surface area contributed by atoms with Crippen molar-refractivity contribution in [3.05, 3.63) is 59.6 Å². The number of aromatic nitrogens is 2. The van der Waals surface area contributed by atoms with Crippen molar-refractivity contribution in [1.29, 1.82) is 0 Å². The maximum Gasteiger partial charge on any atom is 0.137 e. The van der Waals surface area contributed by atoms with Gasteiger partial charge in [-0.25, -0.2) is 4.98 Å². The molecule has 1 aromatic heterocycles. The molecular weight excluding hydrogens is 196 g/mol. The summed E-state index contributed by atoms with van der Waals surface area (Å²) < 4.78 is 0. The molecule has 14 heavy (non-hydrogen) atoms. The molecule has 2 aromatic rings. The Morgan fingerprint density at radius 1 is 1.43 bits per heavy atom. The van der Waals surface area contributed by atoms with Crippen LogP contribution in [0.25, 0.3) is 5.57 Å². The number of hydrogen-bond acceptors (Lipinski definition) is 1. The minimum atomic E-state index is 0.704. The Morgan fingerprint density at radius 3 is 2.93 bits per heavy atom. The molecule has 1 heterocycles. The van der Waals surface area contributed by atoms with E-state index in [2.05, 4.69) is 16.5 Å². The molecule has 1 N–H and O–H groups in total. The maximum atomic E-state index is 5.88. The average molecular weight is 205 g/mol. The van der Waals surface area contributed by atoms with Gasteiger partial charge in [-0.3, -0.25) is 0 Å². The van der Waals surface area contributed by atoms with Crippen molar-refractivity contribution in [2.24, 2.45) is 0 Å². The van der Waals surface area contributed by atoms with Gasteiger partial charge in [0.05, 0.1) is 0 Å². The molecule has 0 bridgehead atoms. The number of H-pyrrole nitrogens is 1. The van der Waals surface area contributed by atoms with E-state index in [-0.39, 0.29) is 0 Å². The van der Waals surface area contributed by atoms with Crippen molar-refractivity contribution in [2.45, 2.75) is 0 Å². The van der Waals surface area contributed by atoms with Gasteiger partial charge in [-0.15, -0.1) is 0 Å². The van der Waals surface area contributed by atoms with Gasteiger partial charge in [-0.2, -0.15) is 0 Å². The molecule has 3 heteroatoms. The molecule has 0 aliphatic rings. The van der Waals surface area contributed by atoms with Crippen LogP contribution in [0.2, 0.25) is 5.02 Å². The fourth-order valence-corrected chi connectivity index (χ4v) is 1.43. The Bertz CT molecular complexity index is 446. The molecule has 0 aliphatic carbocycles. The minimum Gasteiger partial charge on any atom is -0.345 e. The number of benzene rings is 1. The van der Waals surface area contributed by atoms with Crippen molar-refractivity contribution in [3.63, 3.8) is 0 Å². The van der Waals surface area contributed by atoms with E-state index in [0.29, 0.717) is 5.02 Å². The Morgan fingerprint density at radius 2 is 2.29 bits per heavy atom. The van der Waals surface area contributed by atoms with Gasteiger partial charge in [0, 0.05) is 23.0 Å². The molecule has 1 aromatic carbocycles. The normalized spacial score (nSPS) is 10.1. The predicted molar refractivity (Wildman–Crippen MR) is 58.2 cm³/mol. The van der Waals surface area contributed by atoms with E-state index in [4.69, 9.17) is 11.6 Å². The second-order valence-electron chi connectivity index (χ2n) is 2.93. The first kappa shape index (κ1) is 9.03. The lowest BCUT2D eigenvalue weighted by atomic mass is 10.1. The van der Waals surface area contributed by atoms with Crippen LogP contribution in [-0.4, -0.2) is 9.97 Å². The summed E-state index contributed by atoms with van der Waals surface area (Å²) in [6.45, 7) is 3.96. The zero-order chi connectivity index (χ0) is 9.97. The van der Waals surface area contributed by atoms with E-state index in [1.54, 1.807) is 12.4 Å². The Labute approximate surface area is 87.3 Å². The molecule has 0 saturated carbocycles. The van der Waals surface area contributed by atoms with Gasteiger partial charge in [-0.1, -0.05) is 30.3 Å². The number of rotatable bonds is 2. The van der Waals surface area contributed by atoms with Gasteiger partial charge in [-0.05, 0) is 17.7 Å². The highest BCUT2D eigenvalue weighted by atomic mass is 35.5. The molecule has 0 spiro atoms. The standard InChI is InChI=1S/C11H9ClN2/c1-8(11-13-5-6-14-11)9-3-2-4-10(12)7-9/h2-7H,1H2,(H,13,14). The van der Waals surface area contributed by atoms with E-state index in [1.165, 1.54) is 0 Å². The van der Waals surface area contributed by atoms with Gasteiger partial charge in [0.1, 0.15) is 5.82 Å². The highest BCUT2D eigenvalue weighted by Crippen LogP contribution is 2.20. The van der Waals surface area contributed by atoms with Crippen LogP contribution in [-0.2, 0) is 0 Å². The molecule has 0 aliphatic heterocycles. The second-order valence-corrected chi connectivity index (χ2v) is 3.36. The monoisotopic (exact) mass is 204 g/mol. The minimum absolute atomic E-state index is 0.704. The fraction of sp³-hybridized carbons (Fsp3) is 0. The lowest BCUT2D eigenvalue weighted by Crippen LogP contribution is -1.88. The molecule has 0 saturated heterocycles. The molecule has 0 atom stereocenters. The molecule has 2 nitrogen and oxygen atoms in total.